The van der Waals surface area contributed by atoms with Crippen LogP contribution in [-0.2, 0) is 0 Å². The van der Waals surface area contributed by atoms with Crippen LogP contribution in [0, 0.1) is 0 Å². The number of rotatable bonds is 3. The van der Waals surface area contributed by atoms with Gasteiger partial charge in [0.25, 0.3) is 0 Å². The molecule has 6 nitrogen and oxygen atoms in total. The van der Waals surface area contributed by atoms with Gasteiger partial charge in [-0.1, -0.05) is 0 Å². The second kappa shape index (κ2) is 4.18. The molecular formula is C10H13N5O. The maximum Gasteiger partial charge on any atom is 0.242 e. The average Bonchev–Trinajstić information content (AvgIpc) is 2.73. The van der Waals surface area contributed by atoms with E-state index in [9.17, 15) is 0 Å². The zero-order valence-corrected chi connectivity index (χ0v) is 9.16. The zero-order chi connectivity index (χ0) is 11.5. The number of aromatic nitrogens is 4. The Bertz CT molecular complexity index is 466. The molecule has 84 valence electrons. The Kier molecular flexibility index (Phi) is 2.72. The summed E-state index contributed by atoms with van der Waals surface area (Å²) in [7, 11) is 0. The Hall–Kier alpha value is -2.11. The van der Waals surface area contributed by atoms with Gasteiger partial charge in [0.1, 0.15) is 18.3 Å². The van der Waals surface area contributed by atoms with Gasteiger partial charge in [-0.15, -0.1) is 0 Å². The second-order valence-electron chi connectivity index (χ2n) is 3.55. The van der Waals surface area contributed by atoms with Crippen molar-refractivity contribution in [3.8, 4) is 11.7 Å². The van der Waals surface area contributed by atoms with Crippen LogP contribution in [0.3, 0.4) is 0 Å². The van der Waals surface area contributed by atoms with E-state index >= 15 is 0 Å². The van der Waals surface area contributed by atoms with Crippen LogP contribution < -0.4 is 10.5 Å². The maximum atomic E-state index is 5.92. The molecule has 16 heavy (non-hydrogen) atoms. The normalized spacial score (nSPS) is 10.7. The van der Waals surface area contributed by atoms with Crippen molar-refractivity contribution in [1.82, 2.24) is 19.5 Å². The van der Waals surface area contributed by atoms with Crippen LogP contribution in [0.1, 0.15) is 13.8 Å². The molecule has 0 saturated heterocycles. The molecule has 6 heteroatoms. The summed E-state index contributed by atoms with van der Waals surface area (Å²) in [5.74, 6) is 0.969. The fourth-order valence-corrected chi connectivity index (χ4v) is 1.28. The minimum Gasteiger partial charge on any atom is -0.473 e. The van der Waals surface area contributed by atoms with Crippen LogP contribution in [0.5, 0.6) is 5.88 Å². The Morgan fingerprint density at radius 1 is 1.38 bits per heavy atom. The lowest BCUT2D eigenvalue weighted by atomic mass is 10.4. The van der Waals surface area contributed by atoms with E-state index in [1.807, 2.05) is 13.8 Å². The smallest absolute Gasteiger partial charge is 0.242 e. The molecule has 0 aliphatic heterocycles. The van der Waals surface area contributed by atoms with Crippen LogP contribution in [0.15, 0.2) is 25.0 Å². The highest BCUT2D eigenvalue weighted by atomic mass is 16.5. The molecule has 0 fully saturated rings. The largest absolute Gasteiger partial charge is 0.473 e. The first-order valence-electron chi connectivity index (χ1n) is 4.94. The van der Waals surface area contributed by atoms with Gasteiger partial charge in [0.05, 0.1) is 6.10 Å². The van der Waals surface area contributed by atoms with Crippen molar-refractivity contribution in [2.75, 3.05) is 5.73 Å². The Morgan fingerprint density at radius 3 is 2.81 bits per heavy atom. The van der Waals surface area contributed by atoms with E-state index in [1.165, 1.54) is 6.33 Å². The van der Waals surface area contributed by atoms with E-state index in [1.54, 1.807) is 23.3 Å². The molecule has 0 unspecified atom stereocenters. The van der Waals surface area contributed by atoms with Gasteiger partial charge in [0.2, 0.25) is 5.88 Å². The van der Waals surface area contributed by atoms with E-state index in [0.717, 1.165) is 0 Å². The van der Waals surface area contributed by atoms with Crippen molar-refractivity contribution in [1.29, 1.82) is 0 Å². The van der Waals surface area contributed by atoms with Crippen molar-refractivity contribution in [2.24, 2.45) is 0 Å². The van der Waals surface area contributed by atoms with Crippen molar-refractivity contribution < 1.29 is 4.74 Å². The molecule has 0 saturated carbocycles. The molecule has 0 aromatic carbocycles. The summed E-state index contributed by atoms with van der Waals surface area (Å²) in [5, 5.41) is 0. The maximum absolute atomic E-state index is 5.92. The minimum absolute atomic E-state index is 0.0211. The lowest BCUT2D eigenvalue weighted by Gasteiger charge is -2.12. The van der Waals surface area contributed by atoms with Crippen molar-refractivity contribution in [2.45, 2.75) is 20.0 Å². The lowest BCUT2D eigenvalue weighted by molar-refractivity contribution is 0.233. The topological polar surface area (TPSA) is 78.9 Å². The minimum atomic E-state index is 0.0211. The summed E-state index contributed by atoms with van der Waals surface area (Å²) in [4.78, 5) is 12.0. The summed E-state index contributed by atoms with van der Waals surface area (Å²) < 4.78 is 7.19. The number of imidazole rings is 1. The summed E-state index contributed by atoms with van der Waals surface area (Å²) >= 11 is 0. The summed E-state index contributed by atoms with van der Waals surface area (Å²) in [6.45, 7) is 3.83. The Balaban J connectivity index is 2.41. The van der Waals surface area contributed by atoms with Gasteiger partial charge in [-0.3, -0.25) is 4.57 Å². The Morgan fingerprint density at radius 2 is 2.19 bits per heavy atom. The molecule has 0 radical (unpaired) electrons. The molecule has 0 bridgehead atoms. The van der Waals surface area contributed by atoms with Crippen molar-refractivity contribution in [3.63, 3.8) is 0 Å². The quantitative estimate of drug-likeness (QED) is 0.834. The molecule has 2 heterocycles. The molecule has 2 aromatic rings. The summed E-state index contributed by atoms with van der Waals surface area (Å²) in [6.07, 6.45) is 6.48. The molecular weight excluding hydrogens is 206 g/mol. The van der Waals surface area contributed by atoms with Crippen LogP contribution in [-0.4, -0.2) is 25.6 Å². The lowest BCUT2D eigenvalue weighted by Crippen LogP contribution is -2.11. The van der Waals surface area contributed by atoms with E-state index in [2.05, 4.69) is 15.0 Å². The summed E-state index contributed by atoms with van der Waals surface area (Å²) in [5.41, 5.74) is 6.34. The fraction of sp³-hybridized carbons (Fsp3) is 0.300. The van der Waals surface area contributed by atoms with Crippen LogP contribution in [0.2, 0.25) is 0 Å². The first kappa shape index (κ1) is 10.4. The van der Waals surface area contributed by atoms with Crippen LogP contribution in [0.25, 0.3) is 5.82 Å². The highest BCUT2D eigenvalue weighted by Crippen LogP contribution is 2.23. The first-order valence-corrected chi connectivity index (χ1v) is 4.94. The van der Waals surface area contributed by atoms with Gasteiger partial charge < -0.3 is 10.5 Å². The standard InChI is InChI=1S/C10H13N5O/c1-7(2)16-10-8(11)9(13-5-14-10)15-4-3-12-6-15/h3-7H,11H2,1-2H3. The van der Waals surface area contributed by atoms with Gasteiger partial charge in [-0.2, -0.15) is 4.98 Å². The summed E-state index contributed by atoms with van der Waals surface area (Å²) in [6, 6.07) is 0. The predicted molar refractivity (Wildman–Crippen MR) is 59.3 cm³/mol. The fourth-order valence-electron chi connectivity index (χ4n) is 1.28. The number of ether oxygens (including phenoxy) is 1. The van der Waals surface area contributed by atoms with Crippen molar-refractivity contribution in [3.05, 3.63) is 25.0 Å². The highest BCUT2D eigenvalue weighted by Gasteiger charge is 2.11. The van der Waals surface area contributed by atoms with Gasteiger partial charge in [-0.05, 0) is 13.8 Å². The highest BCUT2D eigenvalue weighted by molar-refractivity contribution is 5.59. The number of nitrogens with zero attached hydrogens (tertiary/aromatic N) is 4. The average molecular weight is 219 g/mol. The third-order valence-corrected chi connectivity index (χ3v) is 1.92. The monoisotopic (exact) mass is 219 g/mol. The predicted octanol–water partition coefficient (Wildman–Crippen LogP) is 1.03. The van der Waals surface area contributed by atoms with E-state index < -0.39 is 0 Å². The van der Waals surface area contributed by atoms with E-state index in [0.29, 0.717) is 17.4 Å². The number of anilines is 1. The third kappa shape index (κ3) is 1.95. The van der Waals surface area contributed by atoms with Crippen LogP contribution >= 0.6 is 0 Å². The molecule has 0 amide bonds. The van der Waals surface area contributed by atoms with Crippen molar-refractivity contribution >= 4 is 5.69 Å². The van der Waals surface area contributed by atoms with E-state index in [4.69, 9.17) is 10.5 Å². The SMILES string of the molecule is CC(C)Oc1ncnc(-n2ccnc2)c1N. The Labute approximate surface area is 93.1 Å². The van der Waals surface area contributed by atoms with E-state index in [-0.39, 0.29) is 6.10 Å². The molecule has 2 rings (SSSR count). The second-order valence-corrected chi connectivity index (χ2v) is 3.55. The molecule has 0 atom stereocenters. The van der Waals surface area contributed by atoms with Gasteiger partial charge in [0.15, 0.2) is 5.82 Å². The van der Waals surface area contributed by atoms with Crippen LogP contribution in [0.4, 0.5) is 5.69 Å². The van der Waals surface area contributed by atoms with Gasteiger partial charge in [0, 0.05) is 12.4 Å². The van der Waals surface area contributed by atoms with Gasteiger partial charge in [-0.25, -0.2) is 9.97 Å². The number of hydrogen-bond donors (Lipinski definition) is 1. The molecule has 2 N–H and O–H groups in total. The molecule has 2 aromatic heterocycles. The molecule has 0 aliphatic rings. The number of hydrogen-bond acceptors (Lipinski definition) is 5. The molecule has 0 spiro atoms. The first-order chi connectivity index (χ1) is 7.68. The number of nitrogens with two attached hydrogens (primary N) is 1. The third-order valence-electron chi connectivity index (χ3n) is 1.92. The zero-order valence-electron chi connectivity index (χ0n) is 9.16. The van der Waals surface area contributed by atoms with Gasteiger partial charge >= 0.3 is 0 Å². The number of nitrogen functional groups attached to an aromatic ring is 1. The molecule has 0 aliphatic carbocycles.